The maximum Gasteiger partial charge on any atom is 0.0651 e. The van der Waals surface area contributed by atoms with Gasteiger partial charge in [0.2, 0.25) is 0 Å². The number of halogens is 1. The third-order valence-corrected chi connectivity index (χ3v) is 2.08. The van der Waals surface area contributed by atoms with Crippen LogP contribution in [0.2, 0.25) is 0 Å². The van der Waals surface area contributed by atoms with Crippen molar-refractivity contribution in [2.24, 2.45) is 0 Å². The quantitative estimate of drug-likeness (QED) is 0.561. The minimum Gasteiger partial charge on any atom is -0.278 e. The van der Waals surface area contributed by atoms with Crippen LogP contribution in [0, 0.1) is 11.8 Å². The molecule has 0 unspecified atom stereocenters. The van der Waals surface area contributed by atoms with Crippen molar-refractivity contribution in [3.8, 4) is 11.8 Å². The predicted molar refractivity (Wildman–Crippen MR) is 58.3 cm³/mol. The molecule has 70 valence electrons. The van der Waals surface area contributed by atoms with Crippen LogP contribution in [0.5, 0.6) is 0 Å². The first-order valence-corrected chi connectivity index (χ1v) is 4.91. The highest BCUT2D eigenvalue weighted by Crippen LogP contribution is 2.11. The fourth-order valence-electron chi connectivity index (χ4n) is 1.23. The van der Waals surface area contributed by atoms with Crippen molar-refractivity contribution in [3.05, 3.63) is 30.0 Å². The minimum absolute atomic E-state index is 0.584. The summed E-state index contributed by atoms with van der Waals surface area (Å²) >= 11 is 5.53. The molecule has 0 aliphatic carbocycles. The lowest BCUT2D eigenvalue weighted by atomic mass is 10.1. The summed E-state index contributed by atoms with van der Waals surface area (Å²) in [5, 5.41) is 7.93. The van der Waals surface area contributed by atoms with Crippen LogP contribution in [0.25, 0.3) is 10.9 Å². The van der Waals surface area contributed by atoms with E-state index in [4.69, 9.17) is 11.6 Å². The monoisotopic (exact) mass is 204 g/mol. The SMILES string of the molecule is ClCCC#Cc1ccc2[nH]ncc2c1. The molecule has 0 aliphatic rings. The summed E-state index contributed by atoms with van der Waals surface area (Å²) < 4.78 is 0. The number of benzene rings is 1. The number of fused-ring (bicyclic) bond motifs is 1. The third-order valence-electron chi connectivity index (χ3n) is 1.89. The van der Waals surface area contributed by atoms with Gasteiger partial charge in [-0.1, -0.05) is 11.8 Å². The molecule has 2 rings (SSSR count). The van der Waals surface area contributed by atoms with E-state index in [1.807, 2.05) is 18.2 Å². The van der Waals surface area contributed by atoms with Gasteiger partial charge >= 0.3 is 0 Å². The van der Waals surface area contributed by atoms with Gasteiger partial charge in [-0.2, -0.15) is 5.10 Å². The standard InChI is InChI=1S/C11H9ClN2/c12-6-2-1-3-9-4-5-11-10(7-9)8-13-14-11/h4-5,7-8H,2,6H2,(H,13,14). The van der Waals surface area contributed by atoms with E-state index in [0.717, 1.165) is 22.9 Å². The van der Waals surface area contributed by atoms with Crippen molar-refractivity contribution in [2.75, 3.05) is 5.88 Å². The fourth-order valence-corrected chi connectivity index (χ4v) is 1.33. The number of nitrogens with one attached hydrogen (secondary N) is 1. The molecule has 0 atom stereocenters. The zero-order valence-electron chi connectivity index (χ0n) is 7.55. The van der Waals surface area contributed by atoms with Crippen LogP contribution in [0.4, 0.5) is 0 Å². The van der Waals surface area contributed by atoms with Crippen LogP contribution in [-0.4, -0.2) is 16.1 Å². The van der Waals surface area contributed by atoms with Gasteiger partial charge in [0.25, 0.3) is 0 Å². The molecule has 3 heteroatoms. The number of hydrogen-bond acceptors (Lipinski definition) is 1. The summed E-state index contributed by atoms with van der Waals surface area (Å²) in [6, 6.07) is 5.97. The summed E-state index contributed by atoms with van der Waals surface area (Å²) in [7, 11) is 0. The van der Waals surface area contributed by atoms with E-state index in [1.165, 1.54) is 0 Å². The Morgan fingerprint density at radius 1 is 1.43 bits per heavy atom. The molecule has 0 aliphatic heterocycles. The number of aromatic amines is 1. The van der Waals surface area contributed by atoms with Crippen molar-refractivity contribution in [2.45, 2.75) is 6.42 Å². The van der Waals surface area contributed by atoms with Gasteiger partial charge < -0.3 is 0 Å². The second-order valence-corrected chi connectivity index (χ2v) is 3.29. The molecule has 0 amide bonds. The Balaban J connectivity index is 2.31. The Labute approximate surface area is 87.3 Å². The molecular formula is C11H9ClN2. The number of hydrogen-bond donors (Lipinski definition) is 1. The molecule has 2 nitrogen and oxygen atoms in total. The normalized spacial score (nSPS) is 9.79. The number of aromatic nitrogens is 2. The average molecular weight is 205 g/mol. The molecule has 1 aromatic heterocycles. The van der Waals surface area contributed by atoms with E-state index in [-0.39, 0.29) is 0 Å². The molecule has 0 saturated heterocycles. The average Bonchev–Trinajstić information content (AvgIpc) is 2.65. The van der Waals surface area contributed by atoms with Crippen LogP contribution in [0.1, 0.15) is 12.0 Å². The Morgan fingerprint density at radius 2 is 2.36 bits per heavy atom. The molecule has 1 heterocycles. The van der Waals surface area contributed by atoms with E-state index < -0.39 is 0 Å². The van der Waals surface area contributed by atoms with Crippen LogP contribution in [0.3, 0.4) is 0 Å². The molecule has 0 spiro atoms. The Bertz CT molecular complexity index is 490. The number of nitrogens with zero attached hydrogens (tertiary/aromatic N) is 1. The van der Waals surface area contributed by atoms with Crippen molar-refractivity contribution in [3.63, 3.8) is 0 Å². The molecule has 0 fully saturated rings. The largest absolute Gasteiger partial charge is 0.278 e. The van der Waals surface area contributed by atoms with Crippen LogP contribution in [0.15, 0.2) is 24.4 Å². The second kappa shape index (κ2) is 4.17. The minimum atomic E-state index is 0.584. The molecule has 1 N–H and O–H groups in total. The maximum atomic E-state index is 5.53. The molecule has 14 heavy (non-hydrogen) atoms. The first kappa shape index (κ1) is 9.11. The lowest BCUT2D eigenvalue weighted by Gasteiger charge is -1.90. The van der Waals surface area contributed by atoms with Gasteiger partial charge in [0.05, 0.1) is 11.7 Å². The Kier molecular flexibility index (Phi) is 2.71. The van der Waals surface area contributed by atoms with Crippen LogP contribution >= 0.6 is 11.6 Å². The summed E-state index contributed by atoms with van der Waals surface area (Å²) in [6.07, 6.45) is 2.52. The summed E-state index contributed by atoms with van der Waals surface area (Å²) in [6.45, 7) is 0. The van der Waals surface area contributed by atoms with Crippen molar-refractivity contribution >= 4 is 22.5 Å². The van der Waals surface area contributed by atoms with E-state index in [1.54, 1.807) is 6.20 Å². The maximum absolute atomic E-state index is 5.53. The van der Waals surface area contributed by atoms with Crippen LogP contribution < -0.4 is 0 Å². The molecule has 0 radical (unpaired) electrons. The highest BCUT2D eigenvalue weighted by Gasteiger charge is 1.94. The first-order chi connectivity index (χ1) is 6.90. The topological polar surface area (TPSA) is 28.7 Å². The van der Waals surface area contributed by atoms with Gasteiger partial charge in [0, 0.05) is 23.3 Å². The molecular weight excluding hydrogens is 196 g/mol. The van der Waals surface area contributed by atoms with E-state index in [9.17, 15) is 0 Å². The molecule has 0 saturated carbocycles. The summed E-state index contributed by atoms with van der Waals surface area (Å²) in [5.41, 5.74) is 2.04. The van der Waals surface area contributed by atoms with E-state index in [0.29, 0.717) is 5.88 Å². The van der Waals surface area contributed by atoms with Gasteiger partial charge in [-0.05, 0) is 18.2 Å². The lowest BCUT2D eigenvalue weighted by Crippen LogP contribution is -1.75. The number of alkyl halides is 1. The molecule has 1 aromatic carbocycles. The molecule has 2 aromatic rings. The Hall–Kier alpha value is -1.46. The fraction of sp³-hybridized carbons (Fsp3) is 0.182. The van der Waals surface area contributed by atoms with Gasteiger partial charge in [-0.15, -0.1) is 11.6 Å². The zero-order valence-corrected chi connectivity index (χ0v) is 8.30. The number of rotatable bonds is 1. The third kappa shape index (κ3) is 1.89. The van der Waals surface area contributed by atoms with Gasteiger partial charge in [0.15, 0.2) is 0 Å². The van der Waals surface area contributed by atoms with Crippen molar-refractivity contribution in [1.82, 2.24) is 10.2 Å². The van der Waals surface area contributed by atoms with Crippen molar-refractivity contribution in [1.29, 1.82) is 0 Å². The smallest absolute Gasteiger partial charge is 0.0651 e. The summed E-state index contributed by atoms with van der Waals surface area (Å²) in [4.78, 5) is 0. The second-order valence-electron chi connectivity index (χ2n) is 2.91. The molecule has 0 bridgehead atoms. The number of H-pyrrole nitrogens is 1. The highest BCUT2D eigenvalue weighted by molar-refractivity contribution is 6.18. The first-order valence-electron chi connectivity index (χ1n) is 4.38. The predicted octanol–water partition coefficient (Wildman–Crippen LogP) is 2.54. The van der Waals surface area contributed by atoms with E-state index in [2.05, 4.69) is 22.0 Å². The van der Waals surface area contributed by atoms with Crippen molar-refractivity contribution < 1.29 is 0 Å². The zero-order chi connectivity index (χ0) is 9.80. The van der Waals surface area contributed by atoms with E-state index >= 15 is 0 Å². The van der Waals surface area contributed by atoms with Gasteiger partial charge in [-0.25, -0.2) is 0 Å². The highest BCUT2D eigenvalue weighted by atomic mass is 35.5. The van der Waals surface area contributed by atoms with Gasteiger partial charge in [0.1, 0.15) is 0 Å². The van der Waals surface area contributed by atoms with Gasteiger partial charge in [-0.3, -0.25) is 5.10 Å². The summed E-state index contributed by atoms with van der Waals surface area (Å²) in [5.74, 6) is 6.63. The Morgan fingerprint density at radius 3 is 3.21 bits per heavy atom. The van der Waals surface area contributed by atoms with Crippen LogP contribution in [-0.2, 0) is 0 Å². The lowest BCUT2D eigenvalue weighted by molar-refractivity contribution is 1.12.